The molecule has 0 bridgehead atoms. The van der Waals surface area contributed by atoms with E-state index < -0.39 is 0 Å². The van der Waals surface area contributed by atoms with E-state index in [0.29, 0.717) is 13.1 Å². The highest BCUT2D eigenvalue weighted by atomic mass is 16.2. The minimum absolute atomic E-state index is 0.0803. The zero-order valence-electron chi connectivity index (χ0n) is 16.2. The maximum absolute atomic E-state index is 13.0. The smallest absolute Gasteiger partial charge is 0.247 e. The lowest BCUT2D eigenvalue weighted by Crippen LogP contribution is -2.59. The zero-order valence-corrected chi connectivity index (χ0v) is 16.2. The summed E-state index contributed by atoms with van der Waals surface area (Å²) in [5.41, 5.74) is 1.78. The van der Waals surface area contributed by atoms with Crippen LogP contribution in [-0.2, 0) is 21.5 Å². The molecule has 0 radical (unpaired) electrons. The lowest BCUT2D eigenvalue weighted by Gasteiger charge is -2.50. The molecule has 2 amide bonds. The number of fused-ring (bicyclic) bond motifs is 2. The summed E-state index contributed by atoms with van der Waals surface area (Å²) in [6.07, 6.45) is 9.57. The van der Waals surface area contributed by atoms with Crippen molar-refractivity contribution in [3.63, 3.8) is 0 Å². The third-order valence-corrected chi connectivity index (χ3v) is 6.64. The number of piperidine rings is 1. The summed E-state index contributed by atoms with van der Waals surface area (Å²) >= 11 is 0. The highest BCUT2D eigenvalue weighted by molar-refractivity contribution is 5.83. The Bertz CT molecular complexity index is 876. The molecular weight excluding hydrogens is 356 g/mol. The van der Waals surface area contributed by atoms with Crippen LogP contribution in [-0.4, -0.2) is 61.0 Å². The van der Waals surface area contributed by atoms with E-state index in [1.54, 1.807) is 17.2 Å². The molecular formula is C20H26N6O2. The molecule has 148 valence electrons. The first-order chi connectivity index (χ1) is 13.6. The van der Waals surface area contributed by atoms with E-state index in [9.17, 15) is 9.59 Å². The van der Waals surface area contributed by atoms with Crippen molar-refractivity contribution >= 4 is 11.8 Å². The van der Waals surface area contributed by atoms with E-state index in [-0.39, 0.29) is 29.3 Å². The molecule has 2 fully saturated rings. The van der Waals surface area contributed by atoms with Gasteiger partial charge in [0.2, 0.25) is 11.8 Å². The monoisotopic (exact) mass is 382 g/mol. The number of hydrogen-bond acceptors (Lipinski definition) is 4. The van der Waals surface area contributed by atoms with Gasteiger partial charge in [-0.2, -0.15) is 5.10 Å². The number of aromatic nitrogens is 4. The van der Waals surface area contributed by atoms with Crippen LogP contribution in [0.25, 0.3) is 0 Å². The third kappa shape index (κ3) is 2.65. The van der Waals surface area contributed by atoms with Crippen molar-refractivity contribution in [2.75, 3.05) is 19.6 Å². The van der Waals surface area contributed by atoms with E-state index in [1.807, 2.05) is 24.1 Å². The largest absolute Gasteiger partial charge is 0.348 e. The molecule has 1 saturated carbocycles. The first kappa shape index (κ1) is 17.5. The number of imidazole rings is 1. The summed E-state index contributed by atoms with van der Waals surface area (Å²) in [5, 5.41) is 4.20. The van der Waals surface area contributed by atoms with Crippen molar-refractivity contribution in [3.05, 3.63) is 36.2 Å². The first-order valence-corrected chi connectivity index (χ1v) is 10.2. The Balaban J connectivity index is 1.38. The fraction of sp³-hybridized carbons (Fsp3) is 0.600. The molecule has 1 aliphatic carbocycles. The van der Waals surface area contributed by atoms with Crippen molar-refractivity contribution in [1.29, 1.82) is 0 Å². The average molecular weight is 382 g/mol. The van der Waals surface area contributed by atoms with Crippen LogP contribution in [0.2, 0.25) is 0 Å². The first-order valence-electron chi connectivity index (χ1n) is 10.2. The van der Waals surface area contributed by atoms with Crippen LogP contribution in [0, 0.1) is 5.92 Å². The van der Waals surface area contributed by atoms with Gasteiger partial charge in [0.25, 0.3) is 0 Å². The molecule has 8 heteroatoms. The second-order valence-electron chi connectivity index (χ2n) is 8.26. The minimum Gasteiger partial charge on any atom is -0.348 e. The molecule has 4 heterocycles. The lowest BCUT2D eigenvalue weighted by molar-refractivity contribution is -0.146. The van der Waals surface area contributed by atoms with Gasteiger partial charge < -0.3 is 14.8 Å². The summed E-state index contributed by atoms with van der Waals surface area (Å²) in [4.78, 5) is 37.9. The van der Waals surface area contributed by atoms with Crippen LogP contribution >= 0.6 is 0 Å². The second kappa shape index (κ2) is 6.46. The molecule has 1 unspecified atom stereocenters. The second-order valence-corrected chi connectivity index (χ2v) is 8.26. The molecule has 2 aliphatic heterocycles. The molecule has 28 heavy (non-hydrogen) atoms. The van der Waals surface area contributed by atoms with Crippen molar-refractivity contribution in [3.8, 4) is 0 Å². The van der Waals surface area contributed by atoms with Crippen LogP contribution in [0.1, 0.15) is 50.0 Å². The Morgan fingerprint density at radius 3 is 2.71 bits per heavy atom. The molecule has 1 saturated heterocycles. The number of hydrogen-bond donors (Lipinski definition) is 1. The predicted octanol–water partition coefficient (Wildman–Crippen LogP) is 1.48. The summed E-state index contributed by atoms with van der Waals surface area (Å²) in [6, 6.07) is 1.51. The highest BCUT2D eigenvalue weighted by Crippen LogP contribution is 2.45. The third-order valence-electron chi connectivity index (χ3n) is 6.64. The van der Waals surface area contributed by atoms with Crippen LogP contribution in [0.3, 0.4) is 0 Å². The number of carbonyl (C=O) groups is 2. The van der Waals surface area contributed by atoms with Crippen molar-refractivity contribution in [1.82, 2.24) is 29.5 Å². The molecule has 3 aliphatic rings. The topological polar surface area (TPSA) is 87.1 Å². The normalized spacial score (nSPS) is 22.2. The highest BCUT2D eigenvalue weighted by Gasteiger charge is 2.51. The Labute approximate surface area is 163 Å². The Morgan fingerprint density at radius 2 is 2.04 bits per heavy atom. The van der Waals surface area contributed by atoms with E-state index in [1.165, 1.54) is 0 Å². The Hall–Kier alpha value is -2.64. The van der Waals surface area contributed by atoms with Gasteiger partial charge in [-0.3, -0.25) is 14.3 Å². The van der Waals surface area contributed by atoms with Crippen molar-refractivity contribution in [2.45, 2.75) is 50.6 Å². The number of carbonyl (C=O) groups excluding carboxylic acids is 2. The molecule has 2 aromatic heterocycles. The van der Waals surface area contributed by atoms with Crippen molar-refractivity contribution in [2.24, 2.45) is 5.92 Å². The van der Waals surface area contributed by atoms with Crippen molar-refractivity contribution < 1.29 is 9.59 Å². The zero-order chi connectivity index (χ0) is 19.3. The number of H-pyrrole nitrogens is 1. The summed E-state index contributed by atoms with van der Waals surface area (Å²) in [7, 11) is 0. The molecule has 1 spiro atoms. The van der Waals surface area contributed by atoms with Crippen LogP contribution in [0.5, 0.6) is 0 Å². The molecule has 8 nitrogen and oxygen atoms in total. The van der Waals surface area contributed by atoms with E-state index >= 15 is 0 Å². The van der Waals surface area contributed by atoms with Gasteiger partial charge in [-0.1, -0.05) is 0 Å². The fourth-order valence-corrected chi connectivity index (χ4v) is 4.84. The molecule has 5 rings (SSSR count). The van der Waals surface area contributed by atoms with Crippen LogP contribution in [0.4, 0.5) is 0 Å². The standard InChI is InChI=1S/C20H26N6O2/c1-14(26-9-2-8-23-26)18(27)24-11-6-20(7-12-24)17-16(21-13-22-17)5-10-25(20)19(28)15-3-4-15/h2,8-9,13-15H,3-7,10-12H2,1H3,(H,21,22). The number of nitrogens with zero attached hydrogens (tertiary/aromatic N) is 5. The van der Waals surface area contributed by atoms with E-state index in [2.05, 4.69) is 20.0 Å². The maximum atomic E-state index is 13.0. The number of nitrogens with one attached hydrogen (secondary N) is 1. The van der Waals surface area contributed by atoms with Crippen LogP contribution in [0.15, 0.2) is 24.8 Å². The van der Waals surface area contributed by atoms with Gasteiger partial charge in [0.05, 0.1) is 17.6 Å². The van der Waals surface area contributed by atoms with Gasteiger partial charge in [-0.25, -0.2) is 4.98 Å². The van der Waals surface area contributed by atoms with Gasteiger partial charge in [0.1, 0.15) is 6.04 Å². The summed E-state index contributed by atoms with van der Waals surface area (Å²) in [6.45, 7) is 3.88. The number of aromatic amines is 1. The molecule has 1 atom stereocenters. The molecule has 0 aromatic carbocycles. The lowest BCUT2D eigenvalue weighted by atomic mass is 9.78. The minimum atomic E-state index is -0.376. The van der Waals surface area contributed by atoms with Gasteiger partial charge in [0.15, 0.2) is 0 Å². The number of rotatable bonds is 3. The predicted molar refractivity (Wildman–Crippen MR) is 101 cm³/mol. The van der Waals surface area contributed by atoms with Gasteiger partial charge >= 0.3 is 0 Å². The van der Waals surface area contributed by atoms with E-state index in [0.717, 1.165) is 50.0 Å². The average Bonchev–Trinajstić information content (AvgIpc) is 3.20. The van der Waals surface area contributed by atoms with Gasteiger partial charge in [-0.05, 0) is 38.7 Å². The Kier molecular flexibility index (Phi) is 4.03. The Morgan fingerprint density at radius 1 is 1.25 bits per heavy atom. The molecule has 2 aromatic rings. The SMILES string of the molecule is CC(C(=O)N1CCC2(CC1)c1nc[nH]c1CCN2C(=O)C1CC1)n1cccn1. The fourth-order valence-electron chi connectivity index (χ4n) is 4.84. The van der Waals surface area contributed by atoms with Gasteiger partial charge in [0, 0.05) is 50.1 Å². The number of likely N-dealkylation sites (tertiary alicyclic amines) is 1. The van der Waals surface area contributed by atoms with E-state index in [4.69, 9.17) is 0 Å². The maximum Gasteiger partial charge on any atom is 0.247 e. The quantitative estimate of drug-likeness (QED) is 0.871. The number of amides is 2. The summed E-state index contributed by atoms with van der Waals surface area (Å²) < 4.78 is 1.70. The summed E-state index contributed by atoms with van der Waals surface area (Å²) in [5.74, 6) is 0.548. The molecule has 1 N–H and O–H groups in total. The van der Waals surface area contributed by atoms with Crippen LogP contribution < -0.4 is 0 Å². The van der Waals surface area contributed by atoms with Gasteiger partial charge in [-0.15, -0.1) is 0 Å².